The zero-order valence-corrected chi connectivity index (χ0v) is 19.0. The molecule has 0 spiro atoms. The zero-order valence-electron chi connectivity index (χ0n) is 18.2. The third-order valence-electron chi connectivity index (χ3n) is 4.60. The van der Waals surface area contributed by atoms with Gasteiger partial charge in [0, 0.05) is 25.9 Å². The number of benzene rings is 1. The minimum absolute atomic E-state index is 0.00332. The fourth-order valence-corrected chi connectivity index (χ4v) is 3.41. The molecule has 162 valence electrons. The molecule has 0 aliphatic heterocycles. The lowest BCUT2D eigenvalue weighted by Gasteiger charge is -2.30. The molecule has 30 heavy (non-hydrogen) atoms. The van der Waals surface area contributed by atoms with E-state index in [1.165, 1.54) is 21.6 Å². The molecule has 0 aliphatic carbocycles. The molecule has 2 rings (SSSR count). The number of thioether (sulfide) groups is 1. The van der Waals surface area contributed by atoms with Gasteiger partial charge in [-0.2, -0.15) is 0 Å². The molecular formula is C21H30N6O2S. The average molecular weight is 431 g/mol. The molecule has 0 saturated heterocycles. The monoisotopic (exact) mass is 430 g/mol. The molecule has 2 aromatic rings. The Labute approximate surface area is 182 Å². The average Bonchev–Trinajstić information content (AvgIpc) is 2.74. The van der Waals surface area contributed by atoms with Gasteiger partial charge in [-0.1, -0.05) is 49.0 Å². The number of nitrogens with zero attached hydrogens (tertiary/aromatic N) is 5. The summed E-state index contributed by atoms with van der Waals surface area (Å²) >= 11 is 1.46. The normalized spacial score (nSPS) is 10.7. The Morgan fingerprint density at radius 1 is 1.20 bits per heavy atom. The molecule has 9 heteroatoms. The summed E-state index contributed by atoms with van der Waals surface area (Å²) in [4.78, 5) is 38.4. The predicted molar refractivity (Wildman–Crippen MR) is 123 cm³/mol. The lowest BCUT2D eigenvalue weighted by atomic mass is 10.2. The van der Waals surface area contributed by atoms with E-state index in [2.05, 4.69) is 16.9 Å². The van der Waals surface area contributed by atoms with E-state index < -0.39 is 0 Å². The Kier molecular flexibility index (Phi) is 8.46. The van der Waals surface area contributed by atoms with Gasteiger partial charge in [0.1, 0.15) is 5.69 Å². The molecule has 8 nitrogen and oxygen atoms in total. The van der Waals surface area contributed by atoms with E-state index in [1.54, 1.807) is 19.0 Å². The second-order valence-electron chi connectivity index (χ2n) is 7.18. The highest BCUT2D eigenvalue weighted by molar-refractivity contribution is 7.99. The van der Waals surface area contributed by atoms with Crippen LogP contribution in [0.1, 0.15) is 32.8 Å². The number of carbonyl (C=O) groups is 2. The molecule has 0 unspecified atom stereocenters. The lowest BCUT2D eigenvalue weighted by Crippen LogP contribution is -2.43. The fraction of sp³-hybridized carbons (Fsp3) is 0.429. The number of anilines is 3. The maximum Gasteiger partial charge on any atom is 0.324 e. The third-order valence-corrected chi connectivity index (χ3v) is 5.65. The van der Waals surface area contributed by atoms with Crippen molar-refractivity contribution in [2.45, 2.75) is 44.9 Å². The smallest absolute Gasteiger partial charge is 0.324 e. The van der Waals surface area contributed by atoms with Crippen molar-refractivity contribution in [3.8, 4) is 0 Å². The first kappa shape index (κ1) is 23.5. The van der Waals surface area contributed by atoms with Crippen molar-refractivity contribution in [2.24, 2.45) is 0 Å². The summed E-state index contributed by atoms with van der Waals surface area (Å²) in [5.74, 6) is 1.29. The van der Waals surface area contributed by atoms with Crippen LogP contribution in [0, 0.1) is 0 Å². The minimum Gasteiger partial charge on any atom is -0.382 e. The largest absolute Gasteiger partial charge is 0.382 e. The maximum atomic E-state index is 12.9. The Morgan fingerprint density at radius 3 is 2.43 bits per heavy atom. The van der Waals surface area contributed by atoms with Gasteiger partial charge in [-0.3, -0.25) is 14.6 Å². The van der Waals surface area contributed by atoms with Crippen LogP contribution < -0.4 is 15.5 Å². The summed E-state index contributed by atoms with van der Waals surface area (Å²) in [5, 5.41) is 0.478. The third kappa shape index (κ3) is 5.63. The summed E-state index contributed by atoms with van der Waals surface area (Å²) in [7, 11) is 3.33. The highest BCUT2D eigenvalue weighted by atomic mass is 32.2. The number of hydrogen-bond acceptors (Lipinski definition) is 6. The van der Waals surface area contributed by atoms with Crippen molar-refractivity contribution in [1.82, 2.24) is 14.9 Å². The summed E-state index contributed by atoms with van der Waals surface area (Å²) < 4.78 is 0. The van der Waals surface area contributed by atoms with E-state index in [1.807, 2.05) is 44.2 Å². The van der Waals surface area contributed by atoms with Gasteiger partial charge in [0.2, 0.25) is 6.41 Å². The summed E-state index contributed by atoms with van der Waals surface area (Å²) in [6, 6.07) is 9.31. The van der Waals surface area contributed by atoms with Crippen molar-refractivity contribution in [1.29, 1.82) is 0 Å². The van der Waals surface area contributed by atoms with Gasteiger partial charge < -0.3 is 10.6 Å². The number of urea groups is 1. The van der Waals surface area contributed by atoms with Crippen molar-refractivity contribution in [3.63, 3.8) is 0 Å². The van der Waals surface area contributed by atoms with Crippen molar-refractivity contribution in [2.75, 3.05) is 35.4 Å². The van der Waals surface area contributed by atoms with E-state index in [9.17, 15) is 9.59 Å². The number of nitrogens with two attached hydrogens (primary N) is 1. The summed E-state index contributed by atoms with van der Waals surface area (Å²) in [5.41, 5.74) is 7.53. The van der Waals surface area contributed by atoms with E-state index in [0.717, 1.165) is 17.7 Å². The highest BCUT2D eigenvalue weighted by Gasteiger charge is 2.27. The number of hydrogen-bond donors (Lipinski definition) is 1. The van der Waals surface area contributed by atoms with Crippen LogP contribution in [0.4, 0.5) is 22.1 Å². The molecule has 2 N–H and O–H groups in total. The molecule has 0 saturated carbocycles. The first-order chi connectivity index (χ1) is 14.3. The first-order valence-corrected chi connectivity index (χ1v) is 10.8. The lowest BCUT2D eigenvalue weighted by molar-refractivity contribution is -0.107. The van der Waals surface area contributed by atoms with Crippen molar-refractivity contribution >= 4 is 41.5 Å². The molecule has 0 fully saturated rings. The van der Waals surface area contributed by atoms with Crippen LogP contribution in [0.5, 0.6) is 0 Å². The highest BCUT2D eigenvalue weighted by Crippen LogP contribution is 2.35. The van der Waals surface area contributed by atoms with Gasteiger partial charge in [-0.15, -0.1) is 0 Å². The molecule has 0 atom stereocenters. The number of amides is 3. The molecule has 1 aromatic heterocycles. The van der Waals surface area contributed by atoms with E-state index >= 15 is 0 Å². The Bertz CT molecular complexity index is 862. The Balaban J connectivity index is 2.53. The number of rotatable bonds is 9. The van der Waals surface area contributed by atoms with Crippen molar-refractivity contribution < 1.29 is 9.59 Å². The number of aromatic nitrogens is 2. The Hall–Kier alpha value is -2.81. The van der Waals surface area contributed by atoms with Crippen LogP contribution in [-0.4, -0.2) is 53.2 Å². The zero-order chi connectivity index (χ0) is 22.3. The van der Waals surface area contributed by atoms with Crippen molar-refractivity contribution in [3.05, 3.63) is 35.9 Å². The van der Waals surface area contributed by atoms with Crippen LogP contribution >= 0.6 is 11.8 Å². The van der Waals surface area contributed by atoms with Gasteiger partial charge in [0.05, 0.1) is 6.54 Å². The van der Waals surface area contributed by atoms with Crippen LogP contribution in [0.25, 0.3) is 0 Å². The molecule has 1 aromatic carbocycles. The second-order valence-corrected chi connectivity index (χ2v) is 8.24. The quantitative estimate of drug-likeness (QED) is 0.371. The summed E-state index contributed by atoms with van der Waals surface area (Å²) in [6.07, 6.45) is 1.65. The second kappa shape index (κ2) is 10.8. The van der Waals surface area contributed by atoms with Gasteiger partial charge in [0.15, 0.2) is 16.8 Å². The van der Waals surface area contributed by atoms with Gasteiger partial charge >= 0.3 is 6.03 Å². The van der Waals surface area contributed by atoms with Gasteiger partial charge in [-0.05, 0) is 25.8 Å². The Morgan fingerprint density at radius 2 is 1.87 bits per heavy atom. The number of carbonyl (C=O) groups excluding carboxylic acids is 2. The molecule has 0 aliphatic rings. The SMILES string of the molecule is CCCSc1nc(N)c(N(C)C(=O)N(C)C(C)C)c(N(C=O)Cc2ccccc2)n1. The predicted octanol–water partition coefficient (Wildman–Crippen LogP) is 3.62. The standard InChI is InChI=1S/C21H30N6O2S/c1-6-12-30-20-23-18(22)17(26(5)21(29)25(4)15(2)3)19(24-20)27(14-28)13-16-10-8-7-9-11-16/h7-11,14-15H,6,12-13H2,1-5H3,(H2,22,23,24). The topological polar surface area (TPSA) is 95.7 Å². The van der Waals surface area contributed by atoms with Crippen LogP contribution in [0.2, 0.25) is 0 Å². The van der Waals surface area contributed by atoms with Gasteiger partial charge in [-0.25, -0.2) is 14.8 Å². The van der Waals surface area contributed by atoms with Crippen LogP contribution in [-0.2, 0) is 11.3 Å². The first-order valence-electron chi connectivity index (χ1n) is 9.86. The molecule has 1 heterocycles. The molecular weight excluding hydrogens is 400 g/mol. The van der Waals surface area contributed by atoms with Crippen LogP contribution in [0.15, 0.2) is 35.5 Å². The maximum absolute atomic E-state index is 12.9. The van der Waals surface area contributed by atoms with E-state index in [4.69, 9.17) is 5.73 Å². The molecule has 0 bridgehead atoms. The minimum atomic E-state index is -0.263. The van der Waals surface area contributed by atoms with Gasteiger partial charge in [0.25, 0.3) is 0 Å². The molecule has 3 amide bonds. The fourth-order valence-electron chi connectivity index (χ4n) is 2.71. The van der Waals surface area contributed by atoms with Crippen LogP contribution in [0.3, 0.4) is 0 Å². The number of nitrogen functional groups attached to an aromatic ring is 1. The van der Waals surface area contributed by atoms with E-state index in [-0.39, 0.29) is 17.9 Å². The molecule has 0 radical (unpaired) electrons. The summed E-state index contributed by atoms with van der Waals surface area (Å²) in [6.45, 7) is 6.20. The van der Waals surface area contributed by atoms with E-state index in [0.29, 0.717) is 29.6 Å².